The average Bonchev–Trinajstić information content (AvgIpc) is 2.90. The van der Waals surface area contributed by atoms with Gasteiger partial charge in [-0.2, -0.15) is 0 Å². The number of hydrogen-bond donors (Lipinski definition) is 2. The second kappa shape index (κ2) is 8.84. The van der Waals surface area contributed by atoms with Gasteiger partial charge in [0.1, 0.15) is 12.6 Å². The number of para-hydroxylation sites is 1. The quantitative estimate of drug-likeness (QED) is 0.657. The monoisotopic (exact) mass is 404 g/mol. The summed E-state index contributed by atoms with van der Waals surface area (Å²) >= 11 is 1.55. The normalized spacial score (nSPS) is 18.1. The Balaban J connectivity index is 1.55. The Kier molecular flexibility index (Phi) is 5.81. The summed E-state index contributed by atoms with van der Waals surface area (Å²) in [7, 11) is 0. The molecule has 6 heteroatoms. The van der Waals surface area contributed by atoms with Crippen LogP contribution in [0.25, 0.3) is 0 Å². The number of ether oxygens (including phenoxy) is 1. The molecule has 0 unspecified atom stereocenters. The molecule has 2 amide bonds. The molecule has 2 N–H and O–H groups in total. The molecular weight excluding hydrogens is 384 g/mol. The fourth-order valence-corrected chi connectivity index (χ4v) is 4.46. The van der Waals surface area contributed by atoms with Crippen molar-refractivity contribution in [2.45, 2.75) is 22.8 Å². The van der Waals surface area contributed by atoms with Crippen LogP contribution < -0.4 is 10.6 Å². The van der Waals surface area contributed by atoms with E-state index in [1.165, 1.54) is 0 Å². The van der Waals surface area contributed by atoms with Crippen LogP contribution >= 0.6 is 11.8 Å². The summed E-state index contributed by atoms with van der Waals surface area (Å²) in [5.41, 5.74) is 2.58. The lowest BCUT2D eigenvalue weighted by molar-refractivity contribution is -0.118. The third kappa shape index (κ3) is 4.60. The lowest BCUT2D eigenvalue weighted by Crippen LogP contribution is -2.46. The molecule has 0 aliphatic carbocycles. The predicted octanol–water partition coefficient (Wildman–Crippen LogP) is 4.77. The van der Waals surface area contributed by atoms with Crippen molar-refractivity contribution < 1.29 is 14.3 Å². The first-order valence-electron chi connectivity index (χ1n) is 9.29. The molecule has 29 heavy (non-hydrogen) atoms. The van der Waals surface area contributed by atoms with E-state index in [1.807, 2.05) is 84.9 Å². The molecule has 2 atom stereocenters. The zero-order valence-electron chi connectivity index (χ0n) is 15.6. The van der Waals surface area contributed by atoms with Crippen molar-refractivity contribution in [1.29, 1.82) is 0 Å². The maximum atomic E-state index is 13.0. The van der Waals surface area contributed by atoms with Crippen LogP contribution in [0.1, 0.15) is 16.4 Å². The van der Waals surface area contributed by atoms with E-state index in [0.29, 0.717) is 0 Å². The molecular formula is C23H20N2O3S. The maximum Gasteiger partial charge on any atom is 0.408 e. The fraction of sp³-hybridized carbons (Fsp3) is 0.130. The van der Waals surface area contributed by atoms with Crippen molar-refractivity contribution in [3.8, 4) is 0 Å². The number of nitrogens with one attached hydrogen (secondary N) is 2. The molecule has 3 aromatic carbocycles. The van der Waals surface area contributed by atoms with E-state index in [0.717, 1.165) is 21.7 Å². The number of anilines is 1. The molecule has 0 radical (unpaired) electrons. The van der Waals surface area contributed by atoms with Gasteiger partial charge >= 0.3 is 6.09 Å². The summed E-state index contributed by atoms with van der Waals surface area (Å²) in [6.07, 6.45) is -0.624. The highest BCUT2D eigenvalue weighted by molar-refractivity contribution is 7.99. The summed E-state index contributed by atoms with van der Waals surface area (Å²) < 4.78 is 5.34. The van der Waals surface area contributed by atoms with Gasteiger partial charge in [-0.05, 0) is 23.3 Å². The Morgan fingerprint density at radius 2 is 1.59 bits per heavy atom. The van der Waals surface area contributed by atoms with Crippen molar-refractivity contribution in [2.75, 3.05) is 5.32 Å². The highest BCUT2D eigenvalue weighted by Gasteiger charge is 2.35. The Bertz CT molecular complexity index is 995. The van der Waals surface area contributed by atoms with Gasteiger partial charge in [0, 0.05) is 4.90 Å². The van der Waals surface area contributed by atoms with Crippen molar-refractivity contribution in [1.82, 2.24) is 5.32 Å². The molecule has 0 fully saturated rings. The number of benzene rings is 3. The minimum atomic E-state index is -0.780. The number of carbonyl (C=O) groups excluding carboxylic acids is 2. The standard InChI is InChI=1S/C23H20N2O3S/c26-22-20(25-23(27)28-15-16-9-3-1-4-10-16)21(17-11-5-2-6-12-17)29-19-14-8-7-13-18(19)24-22/h1-14,20-21H,15H2,(H,24,26)(H,25,27)/t20-,21-/m1/s1. The third-order valence-electron chi connectivity index (χ3n) is 4.60. The van der Waals surface area contributed by atoms with Crippen molar-refractivity contribution in [3.05, 3.63) is 96.1 Å². The summed E-state index contributed by atoms with van der Waals surface area (Å²) in [4.78, 5) is 26.4. The second-order valence-corrected chi connectivity index (χ2v) is 7.80. The lowest BCUT2D eigenvalue weighted by atomic mass is 10.0. The average molecular weight is 404 g/mol. The van der Waals surface area contributed by atoms with Crippen LogP contribution in [0.2, 0.25) is 0 Å². The molecule has 0 saturated heterocycles. The fourth-order valence-electron chi connectivity index (χ4n) is 3.16. The smallest absolute Gasteiger partial charge is 0.408 e. The second-order valence-electron chi connectivity index (χ2n) is 6.62. The van der Waals surface area contributed by atoms with Gasteiger partial charge in [0.15, 0.2) is 0 Å². The Morgan fingerprint density at radius 3 is 2.34 bits per heavy atom. The number of alkyl carbamates (subject to hydrolysis) is 1. The zero-order chi connectivity index (χ0) is 20.1. The van der Waals surface area contributed by atoms with Gasteiger partial charge in [0.2, 0.25) is 5.91 Å². The topological polar surface area (TPSA) is 67.4 Å². The van der Waals surface area contributed by atoms with Crippen LogP contribution in [-0.4, -0.2) is 18.0 Å². The van der Waals surface area contributed by atoms with Crippen LogP contribution in [0.5, 0.6) is 0 Å². The minimum Gasteiger partial charge on any atom is -0.445 e. The van der Waals surface area contributed by atoms with Gasteiger partial charge in [-0.3, -0.25) is 4.79 Å². The van der Waals surface area contributed by atoms with Gasteiger partial charge in [0.25, 0.3) is 0 Å². The third-order valence-corrected chi connectivity index (χ3v) is 6.01. The van der Waals surface area contributed by atoms with E-state index in [2.05, 4.69) is 10.6 Å². The van der Waals surface area contributed by atoms with Crippen LogP contribution in [0.3, 0.4) is 0 Å². The molecule has 3 aromatic rings. The molecule has 146 valence electrons. The van der Waals surface area contributed by atoms with Crippen LogP contribution in [0.4, 0.5) is 10.5 Å². The van der Waals surface area contributed by atoms with E-state index in [1.54, 1.807) is 11.8 Å². The largest absolute Gasteiger partial charge is 0.445 e. The van der Waals surface area contributed by atoms with Crippen LogP contribution in [0, 0.1) is 0 Å². The predicted molar refractivity (Wildman–Crippen MR) is 114 cm³/mol. The van der Waals surface area contributed by atoms with Crippen molar-refractivity contribution in [2.24, 2.45) is 0 Å². The first-order chi connectivity index (χ1) is 14.2. The summed E-state index contributed by atoms with van der Waals surface area (Å²) in [5.74, 6) is -0.270. The number of fused-ring (bicyclic) bond motifs is 1. The van der Waals surface area contributed by atoms with Crippen LogP contribution in [-0.2, 0) is 16.1 Å². The molecule has 0 spiro atoms. The molecule has 1 aliphatic heterocycles. The lowest BCUT2D eigenvalue weighted by Gasteiger charge is -2.24. The highest BCUT2D eigenvalue weighted by Crippen LogP contribution is 2.43. The molecule has 4 rings (SSSR count). The summed E-state index contributed by atoms with van der Waals surface area (Å²) in [6, 6.07) is 26.0. The summed E-state index contributed by atoms with van der Waals surface area (Å²) in [5, 5.41) is 5.40. The van der Waals surface area contributed by atoms with Crippen molar-refractivity contribution in [3.63, 3.8) is 0 Å². The SMILES string of the molecule is O=C(N[C@H]1C(=O)Nc2ccccc2S[C@@H]1c1ccccc1)OCc1ccccc1. The van der Waals surface area contributed by atoms with E-state index in [9.17, 15) is 9.59 Å². The van der Waals surface area contributed by atoms with E-state index in [4.69, 9.17) is 4.74 Å². The molecule has 1 heterocycles. The highest BCUT2D eigenvalue weighted by atomic mass is 32.2. The van der Waals surface area contributed by atoms with E-state index >= 15 is 0 Å². The number of thioether (sulfide) groups is 1. The van der Waals surface area contributed by atoms with Crippen LogP contribution in [0.15, 0.2) is 89.8 Å². The molecule has 5 nitrogen and oxygen atoms in total. The van der Waals surface area contributed by atoms with Gasteiger partial charge in [-0.15, -0.1) is 11.8 Å². The van der Waals surface area contributed by atoms with E-state index in [-0.39, 0.29) is 17.8 Å². The maximum absolute atomic E-state index is 13.0. The first-order valence-corrected chi connectivity index (χ1v) is 10.2. The number of hydrogen-bond acceptors (Lipinski definition) is 4. The van der Waals surface area contributed by atoms with E-state index < -0.39 is 12.1 Å². The minimum absolute atomic E-state index is 0.143. The number of carbonyl (C=O) groups is 2. The van der Waals surface area contributed by atoms with Gasteiger partial charge in [-0.25, -0.2) is 4.79 Å². The Morgan fingerprint density at radius 1 is 0.931 bits per heavy atom. The van der Waals surface area contributed by atoms with Gasteiger partial charge in [0.05, 0.1) is 10.9 Å². The summed E-state index contributed by atoms with van der Waals surface area (Å²) in [6.45, 7) is 0.143. The molecule has 0 bridgehead atoms. The van der Waals surface area contributed by atoms with Crippen molar-refractivity contribution >= 4 is 29.4 Å². The molecule has 0 saturated carbocycles. The number of rotatable bonds is 4. The molecule has 0 aromatic heterocycles. The Hall–Kier alpha value is -3.25. The zero-order valence-corrected chi connectivity index (χ0v) is 16.4. The molecule has 1 aliphatic rings. The first kappa shape index (κ1) is 19.1. The number of amides is 2. The Labute approximate surface area is 173 Å². The van der Waals surface area contributed by atoms with Gasteiger partial charge in [-0.1, -0.05) is 72.8 Å². The van der Waals surface area contributed by atoms with Gasteiger partial charge < -0.3 is 15.4 Å².